The highest BCUT2D eigenvalue weighted by Crippen LogP contribution is 2.27. The third-order valence-corrected chi connectivity index (χ3v) is 2.85. The molecule has 3 heteroatoms. The summed E-state index contributed by atoms with van der Waals surface area (Å²) in [5, 5.41) is 0. The highest BCUT2D eigenvalue weighted by molar-refractivity contribution is 5.87. The maximum atomic E-state index is 11.7. The van der Waals surface area contributed by atoms with E-state index >= 15 is 0 Å². The van der Waals surface area contributed by atoms with Crippen molar-refractivity contribution in [3.63, 3.8) is 0 Å². The van der Waals surface area contributed by atoms with Crippen LogP contribution in [0.4, 0.5) is 0 Å². The first kappa shape index (κ1) is 15.1. The highest BCUT2D eigenvalue weighted by atomic mass is 16.6. The largest absolute Gasteiger partial charge is 0.451 e. The molecule has 0 heterocycles. The summed E-state index contributed by atoms with van der Waals surface area (Å²) in [5.74, 6) is -0.382. The molecule has 3 nitrogen and oxygen atoms in total. The molecule has 0 rings (SSSR count). The Morgan fingerprint density at radius 1 is 1.00 bits per heavy atom. The zero-order valence-corrected chi connectivity index (χ0v) is 11.0. The standard InChI is InChI=1S/C13H24O3/c1-5-7-9-13(11(3)14,10-8-6-2)16-12(4)15/h5-10H2,1-4H3. The number of ether oxygens (including phenoxy) is 1. The molecule has 94 valence electrons. The Morgan fingerprint density at radius 3 is 1.69 bits per heavy atom. The Kier molecular flexibility index (Phi) is 7.02. The molecule has 0 aliphatic carbocycles. The van der Waals surface area contributed by atoms with Gasteiger partial charge in [-0.25, -0.2) is 0 Å². The first-order valence-corrected chi connectivity index (χ1v) is 6.19. The van der Waals surface area contributed by atoms with E-state index in [1.807, 2.05) is 0 Å². The number of Topliss-reactive ketones (excluding diaryl/α,β-unsaturated/α-hetero) is 1. The average Bonchev–Trinajstić information content (AvgIpc) is 2.21. The van der Waals surface area contributed by atoms with E-state index in [1.165, 1.54) is 13.8 Å². The lowest BCUT2D eigenvalue weighted by atomic mass is 9.87. The predicted molar refractivity (Wildman–Crippen MR) is 64.2 cm³/mol. The Balaban J connectivity index is 4.73. The van der Waals surface area contributed by atoms with Gasteiger partial charge in [-0.1, -0.05) is 26.7 Å². The molecule has 0 amide bonds. The van der Waals surface area contributed by atoms with Crippen LogP contribution < -0.4 is 0 Å². The fourth-order valence-electron chi connectivity index (χ4n) is 1.85. The molecule has 0 unspecified atom stereocenters. The van der Waals surface area contributed by atoms with Crippen LogP contribution in [0.2, 0.25) is 0 Å². The van der Waals surface area contributed by atoms with Gasteiger partial charge in [0, 0.05) is 6.92 Å². The zero-order chi connectivity index (χ0) is 12.6. The summed E-state index contributed by atoms with van der Waals surface area (Å²) in [6.07, 6.45) is 5.13. The lowest BCUT2D eigenvalue weighted by Crippen LogP contribution is -2.41. The van der Waals surface area contributed by atoms with Crippen molar-refractivity contribution in [2.24, 2.45) is 0 Å². The maximum absolute atomic E-state index is 11.7. The smallest absolute Gasteiger partial charge is 0.303 e. The number of carbonyl (C=O) groups is 2. The molecule has 0 spiro atoms. The van der Waals surface area contributed by atoms with E-state index in [4.69, 9.17) is 4.74 Å². The molecule has 0 N–H and O–H groups in total. The molecule has 0 aromatic rings. The average molecular weight is 228 g/mol. The molecule has 0 aliphatic heterocycles. The molecule has 16 heavy (non-hydrogen) atoms. The lowest BCUT2D eigenvalue weighted by molar-refractivity contribution is -0.166. The van der Waals surface area contributed by atoms with Gasteiger partial charge in [-0.3, -0.25) is 9.59 Å². The summed E-state index contributed by atoms with van der Waals surface area (Å²) in [6, 6.07) is 0. The van der Waals surface area contributed by atoms with E-state index in [-0.39, 0.29) is 11.8 Å². The van der Waals surface area contributed by atoms with E-state index in [1.54, 1.807) is 0 Å². The van der Waals surface area contributed by atoms with Gasteiger partial charge in [-0.2, -0.15) is 0 Å². The summed E-state index contributed by atoms with van der Waals surface area (Å²) in [4.78, 5) is 22.9. The van der Waals surface area contributed by atoms with Gasteiger partial charge in [0.1, 0.15) is 0 Å². The second-order valence-electron chi connectivity index (χ2n) is 4.35. The molecule has 0 saturated heterocycles. The van der Waals surface area contributed by atoms with Crippen LogP contribution in [0, 0.1) is 0 Å². The van der Waals surface area contributed by atoms with Crippen LogP contribution in [0.15, 0.2) is 0 Å². The number of carbonyl (C=O) groups excluding carboxylic acids is 2. The minimum atomic E-state index is -0.863. The van der Waals surface area contributed by atoms with Crippen molar-refractivity contribution < 1.29 is 14.3 Å². The number of hydrogen-bond donors (Lipinski definition) is 0. The van der Waals surface area contributed by atoms with Crippen LogP contribution in [-0.4, -0.2) is 17.4 Å². The van der Waals surface area contributed by atoms with Gasteiger partial charge < -0.3 is 4.74 Å². The number of unbranched alkanes of at least 4 members (excludes halogenated alkanes) is 2. The zero-order valence-electron chi connectivity index (χ0n) is 11.0. The van der Waals surface area contributed by atoms with Crippen LogP contribution >= 0.6 is 0 Å². The first-order chi connectivity index (χ1) is 7.48. The van der Waals surface area contributed by atoms with E-state index in [0.717, 1.165) is 25.7 Å². The van der Waals surface area contributed by atoms with Gasteiger partial charge in [0.15, 0.2) is 11.4 Å². The highest BCUT2D eigenvalue weighted by Gasteiger charge is 2.37. The van der Waals surface area contributed by atoms with Crippen molar-refractivity contribution >= 4 is 11.8 Å². The summed E-state index contributed by atoms with van der Waals surface area (Å²) >= 11 is 0. The Morgan fingerprint density at radius 2 is 1.44 bits per heavy atom. The molecular formula is C13H24O3. The van der Waals surface area contributed by atoms with Gasteiger partial charge in [0.25, 0.3) is 0 Å². The topological polar surface area (TPSA) is 43.4 Å². The molecule has 0 atom stereocenters. The number of rotatable bonds is 8. The molecule has 0 aromatic carbocycles. The van der Waals surface area contributed by atoms with Crippen molar-refractivity contribution in [1.29, 1.82) is 0 Å². The van der Waals surface area contributed by atoms with Crippen molar-refractivity contribution in [1.82, 2.24) is 0 Å². The van der Waals surface area contributed by atoms with Crippen molar-refractivity contribution in [3.8, 4) is 0 Å². The summed E-state index contributed by atoms with van der Waals surface area (Å²) < 4.78 is 5.32. The third kappa shape index (κ3) is 4.77. The summed E-state index contributed by atoms with van der Waals surface area (Å²) in [5.41, 5.74) is -0.863. The minimum absolute atomic E-state index is 0.0235. The number of esters is 1. The van der Waals surface area contributed by atoms with E-state index in [0.29, 0.717) is 12.8 Å². The predicted octanol–water partition coefficient (Wildman–Crippen LogP) is 3.26. The van der Waals surface area contributed by atoms with Crippen molar-refractivity contribution in [2.75, 3.05) is 0 Å². The maximum Gasteiger partial charge on any atom is 0.303 e. The summed E-state index contributed by atoms with van der Waals surface area (Å²) in [7, 11) is 0. The first-order valence-electron chi connectivity index (χ1n) is 6.19. The molecule has 0 saturated carbocycles. The van der Waals surface area contributed by atoms with Crippen molar-refractivity contribution in [3.05, 3.63) is 0 Å². The Bertz CT molecular complexity index is 225. The quantitative estimate of drug-likeness (QED) is 0.599. The second-order valence-corrected chi connectivity index (χ2v) is 4.35. The minimum Gasteiger partial charge on any atom is -0.451 e. The summed E-state index contributed by atoms with van der Waals surface area (Å²) in [6.45, 7) is 7.03. The Labute approximate surface area is 98.6 Å². The molecule has 0 aromatic heterocycles. The van der Waals surface area contributed by atoms with Gasteiger partial charge in [0.2, 0.25) is 0 Å². The lowest BCUT2D eigenvalue weighted by Gasteiger charge is -2.30. The van der Waals surface area contributed by atoms with E-state index in [9.17, 15) is 9.59 Å². The van der Waals surface area contributed by atoms with Crippen LogP contribution in [0.25, 0.3) is 0 Å². The SMILES string of the molecule is CCCCC(CCCC)(OC(C)=O)C(C)=O. The van der Waals surface area contributed by atoms with Gasteiger partial charge in [-0.15, -0.1) is 0 Å². The van der Waals surface area contributed by atoms with Crippen LogP contribution in [0.1, 0.15) is 66.2 Å². The van der Waals surface area contributed by atoms with Crippen LogP contribution in [-0.2, 0) is 14.3 Å². The van der Waals surface area contributed by atoms with Gasteiger partial charge >= 0.3 is 5.97 Å². The van der Waals surface area contributed by atoms with Gasteiger partial charge in [0.05, 0.1) is 0 Å². The van der Waals surface area contributed by atoms with Gasteiger partial charge in [-0.05, 0) is 32.6 Å². The number of ketones is 1. The molecule has 0 fully saturated rings. The molecule has 0 aliphatic rings. The Hall–Kier alpha value is -0.860. The fraction of sp³-hybridized carbons (Fsp3) is 0.846. The van der Waals surface area contributed by atoms with E-state index in [2.05, 4.69) is 13.8 Å². The second kappa shape index (κ2) is 7.42. The molecule has 0 radical (unpaired) electrons. The number of hydrogen-bond acceptors (Lipinski definition) is 3. The van der Waals surface area contributed by atoms with Crippen LogP contribution in [0.3, 0.4) is 0 Å². The van der Waals surface area contributed by atoms with Crippen LogP contribution in [0.5, 0.6) is 0 Å². The van der Waals surface area contributed by atoms with E-state index < -0.39 is 5.60 Å². The third-order valence-electron chi connectivity index (χ3n) is 2.85. The monoisotopic (exact) mass is 228 g/mol. The molecule has 0 bridgehead atoms. The van der Waals surface area contributed by atoms with Crippen molar-refractivity contribution in [2.45, 2.75) is 71.8 Å². The normalized spacial score (nSPS) is 11.2. The molecular weight excluding hydrogens is 204 g/mol. The fourth-order valence-corrected chi connectivity index (χ4v) is 1.85.